The van der Waals surface area contributed by atoms with E-state index in [-0.39, 0.29) is 11.9 Å². The maximum absolute atomic E-state index is 12.3. The molecule has 1 N–H and O–H groups in total. The number of hydrogen-bond donors (Lipinski definition) is 1. The zero-order chi connectivity index (χ0) is 21.8. The summed E-state index contributed by atoms with van der Waals surface area (Å²) in [4.78, 5) is 12.3. The third-order valence-corrected chi connectivity index (χ3v) is 5.14. The monoisotopic (exact) mass is 415 g/mol. The normalized spacial score (nSPS) is 12.3. The number of nitrogens with zero attached hydrogens (tertiary/aromatic N) is 2. The molecule has 6 nitrogen and oxygen atoms in total. The van der Waals surface area contributed by atoms with Gasteiger partial charge in [-0.15, -0.1) is 0 Å². The Kier molecular flexibility index (Phi) is 10.6. The number of carbonyl (C=O) groups excluding carboxylic acids is 1. The van der Waals surface area contributed by atoms with E-state index in [1.807, 2.05) is 35.1 Å². The number of ether oxygens (including phenoxy) is 2. The number of carbonyl (C=O) groups is 1. The van der Waals surface area contributed by atoms with E-state index in [1.54, 1.807) is 0 Å². The number of amides is 1. The summed E-state index contributed by atoms with van der Waals surface area (Å²) in [6.45, 7) is 11.5. The number of nitrogens with one attached hydrogen (secondary N) is 1. The lowest BCUT2D eigenvalue weighted by molar-refractivity contribution is 0.0469. The van der Waals surface area contributed by atoms with Crippen molar-refractivity contribution in [3.05, 3.63) is 53.3 Å². The number of aromatic nitrogens is 2. The Morgan fingerprint density at radius 1 is 1.00 bits per heavy atom. The Labute approximate surface area is 181 Å². The van der Waals surface area contributed by atoms with Crippen LogP contribution in [0.4, 0.5) is 0 Å². The van der Waals surface area contributed by atoms with E-state index in [9.17, 15) is 4.79 Å². The molecule has 0 aliphatic heterocycles. The minimum Gasteiger partial charge on any atom is -0.379 e. The number of unbranched alkanes of at least 4 members (excludes halogenated alkanes) is 2. The molecule has 0 spiro atoms. The summed E-state index contributed by atoms with van der Waals surface area (Å²) in [5, 5.41) is 7.37. The Bertz CT molecular complexity index is 740. The van der Waals surface area contributed by atoms with Crippen molar-refractivity contribution in [1.29, 1.82) is 0 Å². The first-order chi connectivity index (χ1) is 14.5. The van der Waals surface area contributed by atoms with Crippen LogP contribution in [-0.4, -0.2) is 48.7 Å². The second kappa shape index (κ2) is 13.2. The molecule has 0 aliphatic carbocycles. The van der Waals surface area contributed by atoms with E-state index in [4.69, 9.17) is 9.47 Å². The van der Waals surface area contributed by atoms with Crippen LogP contribution in [-0.2, 0) is 9.47 Å². The van der Waals surface area contributed by atoms with Crippen LogP contribution in [0.25, 0.3) is 0 Å². The first-order valence-electron chi connectivity index (χ1n) is 11.1. The summed E-state index contributed by atoms with van der Waals surface area (Å²) >= 11 is 0. The summed E-state index contributed by atoms with van der Waals surface area (Å²) in [6, 6.07) is 7.82. The average Bonchev–Trinajstić information content (AvgIpc) is 3.25. The standard InChI is InChI=1S/C24H37N3O3/c1-5-6-7-13-29-15-16-30-14-12-25-24(28)22-10-8-21(9-11-22)20(4)27-18-23(17-26-27)19(2)3/h8-11,17-20H,5-7,12-16H2,1-4H3,(H,25,28). The van der Waals surface area contributed by atoms with Crippen LogP contribution < -0.4 is 5.32 Å². The van der Waals surface area contributed by atoms with E-state index in [2.05, 4.69) is 44.3 Å². The summed E-state index contributed by atoms with van der Waals surface area (Å²) in [6.07, 6.45) is 7.51. The van der Waals surface area contributed by atoms with Crippen LogP contribution in [0.2, 0.25) is 0 Å². The van der Waals surface area contributed by atoms with Crippen LogP contribution in [0.5, 0.6) is 0 Å². The van der Waals surface area contributed by atoms with Gasteiger partial charge in [-0.2, -0.15) is 5.10 Å². The highest BCUT2D eigenvalue weighted by atomic mass is 16.5. The minimum absolute atomic E-state index is 0.0881. The van der Waals surface area contributed by atoms with Crippen LogP contribution in [0.1, 0.15) is 80.4 Å². The summed E-state index contributed by atoms with van der Waals surface area (Å²) < 4.78 is 13.0. The molecule has 1 atom stereocenters. The lowest BCUT2D eigenvalue weighted by Gasteiger charge is -2.13. The molecule has 2 rings (SSSR count). The molecular weight excluding hydrogens is 378 g/mol. The molecule has 0 bridgehead atoms. The van der Waals surface area contributed by atoms with E-state index < -0.39 is 0 Å². The van der Waals surface area contributed by atoms with Gasteiger partial charge in [-0.1, -0.05) is 45.7 Å². The van der Waals surface area contributed by atoms with Crippen molar-refractivity contribution in [3.8, 4) is 0 Å². The smallest absolute Gasteiger partial charge is 0.251 e. The fourth-order valence-corrected chi connectivity index (χ4v) is 3.04. The SMILES string of the molecule is CCCCCOCCOCCNC(=O)c1ccc(C(C)n2cc(C(C)C)cn2)cc1. The molecule has 166 valence electrons. The maximum Gasteiger partial charge on any atom is 0.251 e. The van der Waals surface area contributed by atoms with E-state index in [1.165, 1.54) is 18.4 Å². The third kappa shape index (κ3) is 7.92. The molecule has 0 aliphatic rings. The van der Waals surface area contributed by atoms with Gasteiger partial charge in [0.2, 0.25) is 0 Å². The van der Waals surface area contributed by atoms with Crippen LogP contribution in [0.15, 0.2) is 36.7 Å². The van der Waals surface area contributed by atoms with Gasteiger partial charge in [0, 0.05) is 24.9 Å². The number of hydrogen-bond acceptors (Lipinski definition) is 4. The Balaban J connectivity index is 1.68. The molecule has 0 fully saturated rings. The van der Waals surface area contributed by atoms with Crippen LogP contribution in [0.3, 0.4) is 0 Å². The predicted octanol–water partition coefficient (Wildman–Crippen LogP) is 4.57. The lowest BCUT2D eigenvalue weighted by Crippen LogP contribution is -2.27. The molecule has 0 saturated carbocycles. The molecule has 6 heteroatoms. The molecule has 0 saturated heterocycles. The molecule has 0 radical (unpaired) electrons. The van der Waals surface area contributed by atoms with Gasteiger partial charge in [-0.05, 0) is 42.5 Å². The first-order valence-corrected chi connectivity index (χ1v) is 11.1. The summed E-state index contributed by atoms with van der Waals surface area (Å²) in [7, 11) is 0. The van der Waals surface area contributed by atoms with Crippen LogP contribution >= 0.6 is 0 Å². The van der Waals surface area contributed by atoms with Gasteiger partial charge in [0.1, 0.15) is 0 Å². The van der Waals surface area contributed by atoms with Crippen molar-refractivity contribution < 1.29 is 14.3 Å². The fourth-order valence-electron chi connectivity index (χ4n) is 3.04. The second-order valence-electron chi connectivity index (χ2n) is 7.89. The molecule has 1 unspecified atom stereocenters. The summed E-state index contributed by atoms with van der Waals surface area (Å²) in [5.74, 6) is 0.370. The average molecular weight is 416 g/mol. The van der Waals surface area contributed by atoms with Crippen LogP contribution in [0, 0.1) is 0 Å². The van der Waals surface area contributed by atoms with Gasteiger partial charge >= 0.3 is 0 Å². The van der Waals surface area contributed by atoms with E-state index >= 15 is 0 Å². The third-order valence-electron chi connectivity index (χ3n) is 5.14. The zero-order valence-electron chi connectivity index (χ0n) is 18.9. The van der Waals surface area contributed by atoms with E-state index in [0.29, 0.717) is 37.8 Å². The van der Waals surface area contributed by atoms with Gasteiger partial charge in [0.25, 0.3) is 5.91 Å². The Hall–Kier alpha value is -2.18. The van der Waals surface area contributed by atoms with Crippen molar-refractivity contribution in [2.75, 3.05) is 33.0 Å². The van der Waals surface area contributed by atoms with Gasteiger partial charge in [-0.3, -0.25) is 9.48 Å². The first kappa shape index (κ1) is 24.1. The molecule has 1 aromatic carbocycles. The summed E-state index contributed by atoms with van der Waals surface area (Å²) in [5.41, 5.74) is 2.99. The molecule has 2 aromatic rings. The second-order valence-corrected chi connectivity index (χ2v) is 7.89. The van der Waals surface area contributed by atoms with Gasteiger partial charge in [0.15, 0.2) is 0 Å². The van der Waals surface area contributed by atoms with Crippen molar-refractivity contribution in [2.24, 2.45) is 0 Å². The topological polar surface area (TPSA) is 65.4 Å². The number of rotatable bonds is 14. The Morgan fingerprint density at radius 2 is 1.70 bits per heavy atom. The van der Waals surface area contributed by atoms with Gasteiger partial charge < -0.3 is 14.8 Å². The largest absolute Gasteiger partial charge is 0.379 e. The zero-order valence-corrected chi connectivity index (χ0v) is 18.9. The highest BCUT2D eigenvalue weighted by Crippen LogP contribution is 2.20. The highest BCUT2D eigenvalue weighted by Gasteiger charge is 2.12. The molecule has 1 aromatic heterocycles. The van der Waals surface area contributed by atoms with Crippen molar-refractivity contribution in [1.82, 2.24) is 15.1 Å². The van der Waals surface area contributed by atoms with Crippen molar-refractivity contribution in [2.45, 2.75) is 58.9 Å². The quantitative estimate of drug-likeness (QED) is 0.459. The van der Waals surface area contributed by atoms with Crippen molar-refractivity contribution in [3.63, 3.8) is 0 Å². The molecular formula is C24H37N3O3. The molecule has 1 amide bonds. The highest BCUT2D eigenvalue weighted by molar-refractivity contribution is 5.94. The van der Waals surface area contributed by atoms with E-state index in [0.717, 1.165) is 18.6 Å². The number of benzene rings is 1. The van der Waals surface area contributed by atoms with Crippen molar-refractivity contribution >= 4 is 5.91 Å². The fraction of sp³-hybridized carbons (Fsp3) is 0.583. The molecule has 1 heterocycles. The van der Waals surface area contributed by atoms with Gasteiger partial charge in [-0.25, -0.2) is 0 Å². The minimum atomic E-state index is -0.0881. The Morgan fingerprint density at radius 3 is 2.33 bits per heavy atom. The molecule has 30 heavy (non-hydrogen) atoms. The lowest BCUT2D eigenvalue weighted by atomic mass is 10.1. The predicted molar refractivity (Wildman–Crippen MR) is 120 cm³/mol. The van der Waals surface area contributed by atoms with Gasteiger partial charge in [0.05, 0.1) is 32.1 Å². The maximum atomic E-state index is 12.3.